The molecule has 7 heteroatoms. The summed E-state index contributed by atoms with van der Waals surface area (Å²) in [6.45, 7) is 0. The molecule has 0 radical (unpaired) electrons. The molecule has 70 valence electrons. The van der Waals surface area contributed by atoms with Crippen LogP contribution in [0.15, 0.2) is 9.08 Å². The highest BCUT2D eigenvalue weighted by Crippen LogP contribution is 2.37. The lowest BCUT2D eigenvalue weighted by molar-refractivity contribution is -0.141. The van der Waals surface area contributed by atoms with Gasteiger partial charge in [0.15, 0.2) is 0 Å². The number of hydrogen-bond acceptors (Lipinski definition) is 1. The normalized spacial score (nSPS) is 11.4. The van der Waals surface area contributed by atoms with Crippen LogP contribution in [0.2, 0.25) is 0 Å². The van der Waals surface area contributed by atoms with Crippen LogP contribution in [0.5, 0.6) is 0 Å². The van der Waals surface area contributed by atoms with Gasteiger partial charge in [-0.1, -0.05) is 0 Å². The first kappa shape index (κ1) is 10.6. The van der Waals surface area contributed by atoms with E-state index in [1.807, 2.05) is 4.98 Å². The lowest BCUT2D eigenvalue weighted by Gasteiger charge is -2.02. The second kappa shape index (κ2) is 3.35. The van der Waals surface area contributed by atoms with Crippen molar-refractivity contribution in [2.75, 3.05) is 0 Å². The third kappa shape index (κ3) is 1.89. The first-order valence-electron chi connectivity index (χ1n) is 2.92. The molecule has 0 aliphatic rings. The Morgan fingerprint density at radius 2 is 1.85 bits per heavy atom. The fraction of sp³-hybridized carbons (Fsp3) is 0.167. The van der Waals surface area contributed by atoms with Gasteiger partial charge in [0.05, 0.1) is 14.6 Å². The minimum atomic E-state index is -4.54. The number of nitrogens with one attached hydrogen (secondary N) is 1. The number of aromatic nitrogens is 1. The smallest absolute Gasteiger partial charge is 0.344 e. The maximum atomic E-state index is 12.2. The molecule has 2 nitrogen and oxygen atoms in total. The van der Waals surface area contributed by atoms with Gasteiger partial charge in [-0.2, -0.15) is 18.4 Å². The van der Waals surface area contributed by atoms with Crippen molar-refractivity contribution in [1.29, 1.82) is 5.26 Å². The number of nitriles is 1. The summed E-state index contributed by atoms with van der Waals surface area (Å²) in [4.78, 5) is 2.03. The van der Waals surface area contributed by atoms with Crippen LogP contribution < -0.4 is 0 Å². The van der Waals surface area contributed by atoms with Crippen LogP contribution in [0.25, 0.3) is 0 Å². The minimum Gasteiger partial charge on any atom is -0.344 e. The number of aromatic amines is 1. The van der Waals surface area contributed by atoms with Crippen LogP contribution in [0, 0.1) is 11.3 Å². The van der Waals surface area contributed by atoms with E-state index in [0.717, 1.165) is 0 Å². The molecule has 0 fully saturated rings. The topological polar surface area (TPSA) is 39.6 Å². The fourth-order valence-corrected chi connectivity index (χ4v) is 1.55. The first-order chi connectivity index (χ1) is 5.88. The molecule has 0 amide bonds. The summed E-state index contributed by atoms with van der Waals surface area (Å²) in [7, 11) is 0. The molecule has 0 aromatic carbocycles. The number of hydrogen-bond donors (Lipinski definition) is 1. The third-order valence-electron chi connectivity index (χ3n) is 1.29. The molecule has 1 rings (SSSR count). The van der Waals surface area contributed by atoms with Crippen LogP contribution in [-0.2, 0) is 6.18 Å². The Bertz CT molecular complexity index is 374. The Morgan fingerprint density at radius 3 is 2.15 bits per heavy atom. The van der Waals surface area contributed by atoms with Gasteiger partial charge in [-0.25, -0.2) is 0 Å². The van der Waals surface area contributed by atoms with Crippen molar-refractivity contribution < 1.29 is 13.2 Å². The molecule has 1 aromatic rings. The van der Waals surface area contributed by atoms with Crippen molar-refractivity contribution in [2.24, 2.45) is 0 Å². The van der Waals surface area contributed by atoms with Crippen LogP contribution >= 0.6 is 31.9 Å². The van der Waals surface area contributed by atoms with Crippen molar-refractivity contribution in [2.45, 2.75) is 6.18 Å². The number of nitrogens with zero attached hydrogens (tertiary/aromatic N) is 1. The largest absolute Gasteiger partial charge is 0.432 e. The molecule has 0 aliphatic heterocycles. The van der Waals surface area contributed by atoms with Crippen LogP contribution in [0.3, 0.4) is 0 Å². The Labute approximate surface area is 88.0 Å². The summed E-state index contributed by atoms with van der Waals surface area (Å²) in [6, 6.07) is 1.46. The van der Waals surface area contributed by atoms with Crippen molar-refractivity contribution in [3.8, 4) is 6.07 Å². The quantitative estimate of drug-likeness (QED) is 0.782. The molecule has 0 aliphatic carbocycles. The molecule has 13 heavy (non-hydrogen) atoms. The molecule has 0 spiro atoms. The van der Waals surface area contributed by atoms with Gasteiger partial charge in [0.1, 0.15) is 11.8 Å². The van der Waals surface area contributed by atoms with Crippen molar-refractivity contribution in [3.05, 3.63) is 20.3 Å². The van der Waals surface area contributed by atoms with Gasteiger partial charge in [-0.05, 0) is 31.9 Å². The average molecular weight is 318 g/mol. The van der Waals surface area contributed by atoms with Crippen molar-refractivity contribution >= 4 is 31.9 Å². The van der Waals surface area contributed by atoms with Gasteiger partial charge in [-0.15, -0.1) is 0 Å². The van der Waals surface area contributed by atoms with Crippen LogP contribution in [-0.4, -0.2) is 4.98 Å². The lowest BCUT2D eigenvalue weighted by Crippen LogP contribution is -2.07. The molecule has 0 atom stereocenters. The highest BCUT2D eigenvalue weighted by Gasteiger charge is 2.37. The van der Waals surface area contributed by atoms with Gasteiger partial charge in [-0.3, -0.25) is 0 Å². The highest BCUT2D eigenvalue weighted by atomic mass is 79.9. The number of alkyl halides is 3. The molecule has 0 saturated carbocycles. The van der Waals surface area contributed by atoms with E-state index in [0.29, 0.717) is 0 Å². The second-order valence-corrected chi connectivity index (χ2v) is 3.70. The minimum absolute atomic E-state index is 0.0855. The molecule has 1 aromatic heterocycles. The molecule has 0 unspecified atom stereocenters. The van der Waals surface area contributed by atoms with Crippen molar-refractivity contribution in [3.63, 3.8) is 0 Å². The van der Waals surface area contributed by atoms with Crippen LogP contribution in [0.4, 0.5) is 13.2 Å². The first-order valence-corrected chi connectivity index (χ1v) is 4.50. The fourth-order valence-electron chi connectivity index (χ4n) is 0.764. The third-order valence-corrected chi connectivity index (χ3v) is 3.21. The Balaban J connectivity index is 3.41. The van der Waals surface area contributed by atoms with E-state index in [1.165, 1.54) is 6.07 Å². The molecular formula is C6HBr2F3N2. The number of halogens is 5. The molecule has 0 bridgehead atoms. The van der Waals surface area contributed by atoms with E-state index in [9.17, 15) is 13.2 Å². The summed E-state index contributed by atoms with van der Waals surface area (Å²) < 4.78 is 36.8. The Kier molecular flexibility index (Phi) is 2.73. The van der Waals surface area contributed by atoms with Gasteiger partial charge in [0.25, 0.3) is 0 Å². The van der Waals surface area contributed by atoms with Gasteiger partial charge >= 0.3 is 6.18 Å². The van der Waals surface area contributed by atoms with Gasteiger partial charge in [0, 0.05) is 0 Å². The highest BCUT2D eigenvalue weighted by molar-refractivity contribution is 9.13. The summed E-state index contributed by atoms with van der Waals surface area (Å²) in [5.74, 6) is 0. The van der Waals surface area contributed by atoms with E-state index in [1.54, 1.807) is 0 Å². The molecule has 1 N–H and O–H groups in total. The maximum Gasteiger partial charge on any atom is 0.432 e. The van der Waals surface area contributed by atoms with E-state index >= 15 is 0 Å². The SMILES string of the molecule is N#Cc1c(C(F)(F)F)[nH]c(Br)c1Br. The van der Waals surface area contributed by atoms with Gasteiger partial charge < -0.3 is 4.98 Å². The Hall–Kier alpha value is -0.480. The number of rotatable bonds is 0. The zero-order valence-electron chi connectivity index (χ0n) is 5.84. The standard InChI is InChI=1S/C6HBr2F3N2/c7-3-2(1-12)4(6(9,10)11)13-5(3)8/h13H. The summed E-state index contributed by atoms with van der Waals surface area (Å²) >= 11 is 5.70. The molecule has 0 saturated heterocycles. The zero-order valence-corrected chi connectivity index (χ0v) is 9.01. The average Bonchev–Trinajstić information content (AvgIpc) is 2.28. The summed E-state index contributed by atoms with van der Waals surface area (Å²) in [5, 5.41) is 8.46. The van der Waals surface area contributed by atoms with Gasteiger partial charge in [0.2, 0.25) is 0 Å². The van der Waals surface area contributed by atoms with E-state index in [-0.39, 0.29) is 9.08 Å². The monoisotopic (exact) mass is 316 g/mol. The van der Waals surface area contributed by atoms with E-state index < -0.39 is 17.4 Å². The van der Waals surface area contributed by atoms with Crippen molar-refractivity contribution in [1.82, 2.24) is 4.98 Å². The lowest BCUT2D eigenvalue weighted by atomic mass is 10.2. The predicted molar refractivity (Wildman–Crippen MR) is 45.9 cm³/mol. The molecular weight excluding hydrogens is 317 g/mol. The predicted octanol–water partition coefficient (Wildman–Crippen LogP) is 3.43. The van der Waals surface area contributed by atoms with E-state index in [4.69, 9.17) is 5.26 Å². The molecule has 1 heterocycles. The Morgan fingerprint density at radius 1 is 1.31 bits per heavy atom. The summed E-state index contributed by atoms with van der Waals surface area (Å²) in [6.07, 6.45) is -4.54. The summed E-state index contributed by atoms with van der Waals surface area (Å²) in [5.41, 5.74) is -1.49. The van der Waals surface area contributed by atoms with Crippen LogP contribution in [0.1, 0.15) is 11.3 Å². The number of H-pyrrole nitrogens is 1. The zero-order chi connectivity index (χ0) is 10.2. The van der Waals surface area contributed by atoms with E-state index in [2.05, 4.69) is 31.9 Å². The maximum absolute atomic E-state index is 12.2. The second-order valence-electron chi connectivity index (χ2n) is 2.11.